The molecule has 0 spiro atoms. The van der Waals surface area contributed by atoms with Crippen LogP contribution < -0.4 is 0 Å². The Hall–Kier alpha value is -0.740. The average molecular weight is 177 g/mol. The second kappa shape index (κ2) is 3.59. The van der Waals surface area contributed by atoms with Crippen molar-refractivity contribution in [2.75, 3.05) is 7.11 Å². The first-order valence-electron chi connectivity index (χ1n) is 2.89. The maximum absolute atomic E-state index is 12.9. The van der Waals surface area contributed by atoms with Gasteiger partial charge in [0.2, 0.25) is 0 Å². The van der Waals surface area contributed by atoms with Crippen LogP contribution in [0.5, 0.6) is 0 Å². The van der Waals surface area contributed by atoms with Crippen LogP contribution in [-0.4, -0.2) is 17.1 Å². The van der Waals surface area contributed by atoms with Crippen LogP contribution in [0.25, 0.3) is 0 Å². The van der Waals surface area contributed by atoms with Crippen LogP contribution in [0.3, 0.4) is 0 Å². The first-order chi connectivity index (χ1) is 5.25. The van der Waals surface area contributed by atoms with Gasteiger partial charge in [-0.15, -0.1) is 0 Å². The Morgan fingerprint density at radius 3 is 3.00 bits per heavy atom. The van der Waals surface area contributed by atoms with Gasteiger partial charge >= 0.3 is 0 Å². The fraction of sp³-hybridized carbons (Fsp3) is 0.333. The van der Waals surface area contributed by atoms with E-state index < -0.39 is 5.82 Å². The van der Waals surface area contributed by atoms with E-state index in [9.17, 15) is 4.39 Å². The molecular formula is C6H6ClFN2O. The molecule has 1 rings (SSSR count). The lowest BCUT2D eigenvalue weighted by Crippen LogP contribution is -1.98. The number of hydrogen-bond donors (Lipinski definition) is 0. The summed E-state index contributed by atoms with van der Waals surface area (Å²) in [5, 5.41) is -0.174. The Morgan fingerprint density at radius 1 is 1.64 bits per heavy atom. The number of nitrogens with zero attached hydrogens (tertiary/aromatic N) is 2. The molecule has 0 saturated carbocycles. The van der Waals surface area contributed by atoms with Crippen molar-refractivity contribution in [3.63, 3.8) is 0 Å². The van der Waals surface area contributed by atoms with Crippen molar-refractivity contribution in [3.8, 4) is 0 Å². The van der Waals surface area contributed by atoms with Gasteiger partial charge in [0.25, 0.3) is 0 Å². The van der Waals surface area contributed by atoms with Crippen LogP contribution in [0.1, 0.15) is 5.69 Å². The van der Waals surface area contributed by atoms with Gasteiger partial charge in [-0.3, -0.25) is 0 Å². The summed E-state index contributed by atoms with van der Waals surface area (Å²) in [5.41, 5.74) is 0.174. The highest BCUT2D eigenvalue weighted by molar-refractivity contribution is 6.29. The lowest BCUT2D eigenvalue weighted by molar-refractivity contribution is 0.177. The molecule has 0 aromatic carbocycles. The molecule has 0 amide bonds. The van der Waals surface area contributed by atoms with E-state index in [0.29, 0.717) is 0 Å². The second-order valence-corrected chi connectivity index (χ2v) is 2.22. The number of rotatable bonds is 2. The molecule has 0 aliphatic rings. The largest absolute Gasteiger partial charge is 0.378 e. The lowest BCUT2D eigenvalue weighted by atomic mass is 10.4. The van der Waals surface area contributed by atoms with Crippen molar-refractivity contribution >= 4 is 11.6 Å². The molecule has 0 unspecified atom stereocenters. The van der Waals surface area contributed by atoms with Gasteiger partial charge in [0.1, 0.15) is 12.0 Å². The van der Waals surface area contributed by atoms with E-state index in [-0.39, 0.29) is 17.5 Å². The summed E-state index contributed by atoms with van der Waals surface area (Å²) in [4.78, 5) is 7.08. The molecule has 60 valence electrons. The number of hydrogen-bond acceptors (Lipinski definition) is 3. The predicted octanol–water partition coefficient (Wildman–Crippen LogP) is 1.42. The van der Waals surface area contributed by atoms with Gasteiger partial charge in [-0.2, -0.15) is 0 Å². The molecule has 0 bridgehead atoms. The van der Waals surface area contributed by atoms with Gasteiger partial charge in [-0.1, -0.05) is 11.6 Å². The van der Waals surface area contributed by atoms with Gasteiger partial charge < -0.3 is 4.74 Å². The maximum atomic E-state index is 12.9. The SMILES string of the molecule is COCc1ncnc(Cl)c1F. The zero-order valence-electron chi connectivity index (χ0n) is 5.84. The fourth-order valence-electron chi connectivity index (χ4n) is 0.619. The minimum absolute atomic E-state index is 0.105. The van der Waals surface area contributed by atoms with E-state index in [1.54, 1.807) is 0 Å². The highest BCUT2D eigenvalue weighted by Gasteiger charge is 2.07. The van der Waals surface area contributed by atoms with Crippen molar-refractivity contribution in [2.45, 2.75) is 6.61 Å². The summed E-state index contributed by atoms with van der Waals surface area (Å²) in [6, 6.07) is 0. The van der Waals surface area contributed by atoms with Crippen LogP contribution in [-0.2, 0) is 11.3 Å². The minimum atomic E-state index is -0.615. The molecule has 1 heterocycles. The van der Waals surface area contributed by atoms with Gasteiger partial charge in [0, 0.05) is 7.11 Å². The van der Waals surface area contributed by atoms with Gasteiger partial charge in [-0.25, -0.2) is 14.4 Å². The second-order valence-electron chi connectivity index (χ2n) is 1.86. The fourth-order valence-corrected chi connectivity index (χ4v) is 0.772. The van der Waals surface area contributed by atoms with E-state index >= 15 is 0 Å². The first kappa shape index (κ1) is 8.36. The minimum Gasteiger partial charge on any atom is -0.378 e. The zero-order chi connectivity index (χ0) is 8.27. The van der Waals surface area contributed by atoms with Gasteiger partial charge in [0.15, 0.2) is 11.0 Å². The molecule has 11 heavy (non-hydrogen) atoms. The van der Waals surface area contributed by atoms with Gasteiger partial charge in [-0.05, 0) is 0 Å². The quantitative estimate of drug-likeness (QED) is 0.640. The Morgan fingerprint density at radius 2 is 2.36 bits per heavy atom. The number of ether oxygens (including phenoxy) is 1. The Balaban J connectivity index is 2.96. The highest BCUT2D eigenvalue weighted by atomic mass is 35.5. The summed E-state index contributed by atoms with van der Waals surface area (Å²) in [6.07, 6.45) is 1.19. The van der Waals surface area contributed by atoms with E-state index in [4.69, 9.17) is 11.6 Å². The van der Waals surface area contributed by atoms with E-state index in [1.165, 1.54) is 13.4 Å². The summed E-state index contributed by atoms with van der Waals surface area (Å²) >= 11 is 5.37. The Labute approximate surface area is 68.2 Å². The molecule has 0 aliphatic carbocycles. The summed E-state index contributed by atoms with van der Waals surface area (Å²) in [5.74, 6) is -0.615. The van der Waals surface area contributed by atoms with E-state index in [0.717, 1.165) is 0 Å². The van der Waals surface area contributed by atoms with Crippen LogP contribution in [0, 0.1) is 5.82 Å². The smallest absolute Gasteiger partial charge is 0.184 e. The number of halogens is 2. The van der Waals surface area contributed by atoms with Crippen LogP contribution in [0.4, 0.5) is 4.39 Å². The molecule has 1 aromatic heterocycles. The maximum Gasteiger partial charge on any atom is 0.184 e. The number of aromatic nitrogens is 2. The molecule has 0 N–H and O–H groups in total. The standard InChI is InChI=1S/C6H6ClFN2O/c1-11-2-4-5(8)6(7)10-3-9-4/h3H,2H2,1H3. The summed E-state index contributed by atoms with van der Waals surface area (Å²) in [6.45, 7) is 0.105. The third kappa shape index (κ3) is 1.85. The molecular weight excluding hydrogens is 171 g/mol. The third-order valence-corrected chi connectivity index (χ3v) is 1.36. The van der Waals surface area contributed by atoms with Crippen LogP contribution >= 0.6 is 11.6 Å². The van der Waals surface area contributed by atoms with Crippen molar-refractivity contribution in [1.82, 2.24) is 9.97 Å². The highest BCUT2D eigenvalue weighted by Crippen LogP contribution is 2.12. The van der Waals surface area contributed by atoms with Crippen LogP contribution in [0.15, 0.2) is 6.33 Å². The third-order valence-electron chi connectivity index (χ3n) is 1.10. The topological polar surface area (TPSA) is 35.0 Å². The molecule has 0 aliphatic heterocycles. The van der Waals surface area contributed by atoms with Crippen molar-refractivity contribution in [3.05, 3.63) is 23.0 Å². The molecule has 1 aromatic rings. The predicted molar refractivity (Wildman–Crippen MR) is 37.7 cm³/mol. The van der Waals surface area contributed by atoms with Gasteiger partial charge in [0.05, 0.1) is 6.61 Å². The normalized spacial score (nSPS) is 10.1. The molecule has 0 atom stereocenters. The first-order valence-corrected chi connectivity index (χ1v) is 3.27. The number of methoxy groups -OCH3 is 1. The van der Waals surface area contributed by atoms with Crippen molar-refractivity contribution in [2.24, 2.45) is 0 Å². The van der Waals surface area contributed by atoms with Crippen molar-refractivity contribution < 1.29 is 9.13 Å². The summed E-state index contributed by atoms with van der Waals surface area (Å²) in [7, 11) is 1.45. The molecule has 0 saturated heterocycles. The summed E-state index contributed by atoms with van der Waals surface area (Å²) < 4.78 is 17.5. The van der Waals surface area contributed by atoms with Crippen LogP contribution in [0.2, 0.25) is 5.15 Å². The van der Waals surface area contributed by atoms with Crippen molar-refractivity contribution in [1.29, 1.82) is 0 Å². The molecule has 0 fully saturated rings. The molecule has 0 radical (unpaired) electrons. The monoisotopic (exact) mass is 176 g/mol. The van der Waals surface area contributed by atoms with E-state index in [2.05, 4.69) is 14.7 Å². The molecule has 3 nitrogen and oxygen atoms in total. The lowest BCUT2D eigenvalue weighted by Gasteiger charge is -1.99. The van der Waals surface area contributed by atoms with E-state index in [1.807, 2.05) is 0 Å². The molecule has 5 heteroatoms. The Kier molecular flexibility index (Phi) is 2.73. The Bertz CT molecular complexity index is 256. The zero-order valence-corrected chi connectivity index (χ0v) is 6.60. The average Bonchev–Trinajstić information content (AvgIpc) is 1.99.